The molecule has 7 heteroatoms. The Morgan fingerprint density at radius 3 is 2.83 bits per heavy atom. The lowest BCUT2D eigenvalue weighted by atomic mass is 10.2. The largest absolute Gasteiger partial charge is 0.413 e. The van der Waals surface area contributed by atoms with E-state index in [1.807, 2.05) is 44.3 Å². The van der Waals surface area contributed by atoms with Crippen LogP contribution in [0.5, 0.6) is 0 Å². The van der Waals surface area contributed by atoms with Crippen molar-refractivity contribution in [1.82, 2.24) is 15.1 Å². The summed E-state index contributed by atoms with van der Waals surface area (Å²) in [7, 11) is 1.93. The lowest BCUT2D eigenvalue weighted by molar-refractivity contribution is -0.895. The van der Waals surface area contributed by atoms with Crippen LogP contribution in [-0.4, -0.2) is 35.8 Å². The highest BCUT2D eigenvalue weighted by Crippen LogP contribution is 2.07. The number of hydrogen-bond donors (Lipinski definition) is 2. The van der Waals surface area contributed by atoms with Crippen molar-refractivity contribution >= 4 is 18.1 Å². The smallest absolute Gasteiger partial charge is 0.291 e. The summed E-state index contributed by atoms with van der Waals surface area (Å²) in [5, 5.41) is 7.27. The highest BCUT2D eigenvalue weighted by molar-refractivity contribution is 7.71. The van der Waals surface area contributed by atoms with Gasteiger partial charge in [0.2, 0.25) is 5.89 Å². The zero-order valence-corrected chi connectivity index (χ0v) is 14.4. The molecule has 0 aliphatic rings. The van der Waals surface area contributed by atoms with Gasteiger partial charge in [-0.25, -0.2) is 0 Å². The first kappa shape index (κ1) is 17.4. The van der Waals surface area contributed by atoms with Crippen LogP contribution in [0.25, 0.3) is 0 Å². The SMILES string of the molecule is CCCNC(=O)C[NH+](C)Cn1nc(Cc2ccccc2)oc1=S. The second kappa shape index (κ2) is 8.59. The van der Waals surface area contributed by atoms with Crippen LogP contribution in [0.1, 0.15) is 24.8 Å². The average molecular weight is 335 g/mol. The van der Waals surface area contributed by atoms with Gasteiger partial charge in [-0.2, -0.15) is 4.68 Å². The number of aromatic nitrogens is 2. The van der Waals surface area contributed by atoms with Crippen LogP contribution >= 0.6 is 12.2 Å². The molecule has 1 heterocycles. The Kier molecular flexibility index (Phi) is 6.49. The maximum absolute atomic E-state index is 11.7. The molecule has 0 radical (unpaired) electrons. The number of nitrogens with one attached hydrogen (secondary N) is 2. The van der Waals surface area contributed by atoms with E-state index in [0.717, 1.165) is 16.9 Å². The summed E-state index contributed by atoms with van der Waals surface area (Å²) in [6, 6.07) is 9.97. The van der Waals surface area contributed by atoms with Gasteiger partial charge in [-0.15, -0.1) is 5.10 Å². The molecule has 0 fully saturated rings. The zero-order valence-electron chi connectivity index (χ0n) is 13.5. The van der Waals surface area contributed by atoms with E-state index >= 15 is 0 Å². The van der Waals surface area contributed by atoms with Crippen LogP contribution in [0.3, 0.4) is 0 Å². The van der Waals surface area contributed by atoms with Gasteiger partial charge in [-0.05, 0) is 24.2 Å². The van der Waals surface area contributed by atoms with Crippen LogP contribution in [0.4, 0.5) is 0 Å². The molecule has 1 amide bonds. The molecule has 1 atom stereocenters. The number of quaternary nitrogens is 1. The topological polar surface area (TPSA) is 64.5 Å². The Bertz CT molecular complexity index is 681. The summed E-state index contributed by atoms with van der Waals surface area (Å²) in [6.07, 6.45) is 1.54. The van der Waals surface area contributed by atoms with E-state index in [-0.39, 0.29) is 5.91 Å². The molecule has 6 nitrogen and oxygen atoms in total. The number of amides is 1. The molecule has 1 aromatic heterocycles. The third-order valence-corrected chi connectivity index (χ3v) is 3.59. The molecule has 0 saturated carbocycles. The van der Waals surface area contributed by atoms with Crippen molar-refractivity contribution in [1.29, 1.82) is 0 Å². The molecule has 0 spiro atoms. The molecule has 0 aliphatic carbocycles. The molecule has 1 aromatic carbocycles. The predicted octanol–water partition coefficient (Wildman–Crippen LogP) is 0.795. The number of benzene rings is 1. The fourth-order valence-electron chi connectivity index (χ4n) is 2.20. The fraction of sp³-hybridized carbons (Fsp3) is 0.438. The molecule has 1 unspecified atom stereocenters. The van der Waals surface area contributed by atoms with Crippen LogP contribution in [0, 0.1) is 4.84 Å². The van der Waals surface area contributed by atoms with E-state index in [2.05, 4.69) is 10.4 Å². The fourth-order valence-corrected chi connectivity index (χ4v) is 2.41. The van der Waals surface area contributed by atoms with Gasteiger partial charge in [0.15, 0.2) is 13.2 Å². The Balaban J connectivity index is 1.93. The van der Waals surface area contributed by atoms with Gasteiger partial charge in [0.05, 0.1) is 13.5 Å². The summed E-state index contributed by atoms with van der Waals surface area (Å²) in [5.41, 5.74) is 1.12. The van der Waals surface area contributed by atoms with Crippen molar-refractivity contribution < 1.29 is 14.1 Å². The molecule has 23 heavy (non-hydrogen) atoms. The Morgan fingerprint density at radius 2 is 2.13 bits per heavy atom. The van der Waals surface area contributed by atoms with Gasteiger partial charge in [-0.3, -0.25) is 4.79 Å². The molecular formula is C16H23N4O2S+. The minimum Gasteiger partial charge on any atom is -0.413 e. The first-order valence-electron chi connectivity index (χ1n) is 7.77. The summed E-state index contributed by atoms with van der Waals surface area (Å²) in [6.45, 7) is 3.61. The Labute approximate surface area is 141 Å². The minimum absolute atomic E-state index is 0.0314. The van der Waals surface area contributed by atoms with Gasteiger partial charge in [0.1, 0.15) is 0 Å². The van der Waals surface area contributed by atoms with Gasteiger partial charge in [-0.1, -0.05) is 37.3 Å². The standard InChI is InChI=1S/C16H22N4O2S/c1-3-9-17-14(21)11-19(2)12-20-16(23)22-15(18-20)10-13-7-5-4-6-8-13/h4-8H,3,9-12H2,1-2H3,(H,17,21)/p+1. The van der Waals surface area contributed by atoms with Gasteiger partial charge < -0.3 is 14.6 Å². The van der Waals surface area contributed by atoms with E-state index in [9.17, 15) is 4.79 Å². The number of carbonyl (C=O) groups is 1. The Hall–Kier alpha value is -1.99. The molecule has 0 saturated heterocycles. The molecule has 2 aromatic rings. The van der Waals surface area contributed by atoms with E-state index in [1.165, 1.54) is 0 Å². The highest BCUT2D eigenvalue weighted by atomic mass is 32.1. The second-order valence-electron chi connectivity index (χ2n) is 5.57. The van der Waals surface area contributed by atoms with Gasteiger partial charge >= 0.3 is 0 Å². The second-order valence-corrected chi connectivity index (χ2v) is 5.91. The summed E-state index contributed by atoms with van der Waals surface area (Å²) < 4.78 is 7.18. The molecule has 0 bridgehead atoms. The number of nitrogens with zero attached hydrogens (tertiary/aromatic N) is 2. The van der Waals surface area contributed by atoms with E-state index < -0.39 is 0 Å². The molecular weight excluding hydrogens is 312 g/mol. The lowest BCUT2D eigenvalue weighted by Gasteiger charge is -2.12. The van der Waals surface area contributed by atoms with Crippen molar-refractivity contribution in [3.8, 4) is 0 Å². The van der Waals surface area contributed by atoms with E-state index in [0.29, 0.717) is 36.9 Å². The predicted molar refractivity (Wildman–Crippen MR) is 89.6 cm³/mol. The third kappa shape index (κ3) is 5.61. The van der Waals surface area contributed by atoms with E-state index in [4.69, 9.17) is 16.6 Å². The minimum atomic E-state index is 0.0314. The van der Waals surface area contributed by atoms with Crippen LogP contribution in [0.15, 0.2) is 34.7 Å². The first-order valence-corrected chi connectivity index (χ1v) is 8.18. The summed E-state index contributed by atoms with van der Waals surface area (Å²) >= 11 is 5.21. The highest BCUT2D eigenvalue weighted by Gasteiger charge is 2.13. The monoisotopic (exact) mass is 335 g/mol. The average Bonchev–Trinajstić information content (AvgIpc) is 2.85. The lowest BCUT2D eigenvalue weighted by Crippen LogP contribution is -3.09. The maximum Gasteiger partial charge on any atom is 0.291 e. The van der Waals surface area contributed by atoms with Crippen LogP contribution in [0.2, 0.25) is 0 Å². The molecule has 124 valence electrons. The number of likely N-dealkylation sites (N-methyl/N-ethyl adjacent to an activating group) is 1. The maximum atomic E-state index is 11.7. The Morgan fingerprint density at radius 1 is 1.39 bits per heavy atom. The van der Waals surface area contributed by atoms with Crippen molar-refractivity contribution in [2.75, 3.05) is 20.1 Å². The molecule has 0 aliphatic heterocycles. The number of hydrogen-bond acceptors (Lipinski definition) is 4. The van der Waals surface area contributed by atoms with E-state index in [1.54, 1.807) is 4.68 Å². The van der Waals surface area contributed by atoms with Crippen LogP contribution < -0.4 is 10.2 Å². The summed E-state index contributed by atoms with van der Waals surface area (Å²) in [4.78, 5) is 13.1. The quantitative estimate of drug-likeness (QED) is 0.700. The van der Waals surface area contributed by atoms with Crippen molar-refractivity contribution in [3.05, 3.63) is 46.6 Å². The van der Waals surface area contributed by atoms with Gasteiger partial charge in [0, 0.05) is 6.54 Å². The number of rotatable bonds is 8. The van der Waals surface area contributed by atoms with Crippen molar-refractivity contribution in [2.45, 2.75) is 26.4 Å². The number of carbonyl (C=O) groups excluding carboxylic acids is 1. The third-order valence-electron chi connectivity index (χ3n) is 3.30. The summed E-state index contributed by atoms with van der Waals surface area (Å²) in [5.74, 6) is 0.619. The van der Waals surface area contributed by atoms with Crippen molar-refractivity contribution in [2.24, 2.45) is 0 Å². The first-order chi connectivity index (χ1) is 11.1. The molecule has 2 rings (SSSR count). The molecule has 2 N–H and O–H groups in total. The normalized spacial score (nSPS) is 12.1. The van der Waals surface area contributed by atoms with Crippen LogP contribution in [-0.2, 0) is 17.9 Å². The van der Waals surface area contributed by atoms with Gasteiger partial charge in [0.25, 0.3) is 10.7 Å². The zero-order chi connectivity index (χ0) is 16.7. The van der Waals surface area contributed by atoms with Crippen molar-refractivity contribution in [3.63, 3.8) is 0 Å².